The van der Waals surface area contributed by atoms with Gasteiger partial charge in [0.2, 0.25) is 0 Å². The number of pyridine rings is 1. The highest BCUT2D eigenvalue weighted by Crippen LogP contribution is 2.06. The SMILES string of the molecule is Nc1ccc(CCNC(=O)c2cc(O)[nH]c(=O)c2)cc1. The summed E-state index contributed by atoms with van der Waals surface area (Å²) < 4.78 is 0. The number of H-pyrrole nitrogens is 1. The van der Waals surface area contributed by atoms with Gasteiger partial charge in [0, 0.05) is 24.4 Å². The van der Waals surface area contributed by atoms with Gasteiger partial charge in [0.25, 0.3) is 11.5 Å². The van der Waals surface area contributed by atoms with Crippen LogP contribution in [0, 0.1) is 0 Å². The zero-order chi connectivity index (χ0) is 14.5. The largest absolute Gasteiger partial charge is 0.494 e. The summed E-state index contributed by atoms with van der Waals surface area (Å²) in [5.74, 6) is -0.733. The summed E-state index contributed by atoms with van der Waals surface area (Å²) in [4.78, 5) is 25.1. The molecule has 5 N–H and O–H groups in total. The molecule has 0 spiro atoms. The van der Waals surface area contributed by atoms with Gasteiger partial charge in [0.05, 0.1) is 5.56 Å². The van der Waals surface area contributed by atoms with Gasteiger partial charge >= 0.3 is 0 Å². The molecule has 6 nitrogen and oxygen atoms in total. The van der Waals surface area contributed by atoms with E-state index in [0.29, 0.717) is 18.7 Å². The first-order valence-corrected chi connectivity index (χ1v) is 6.10. The highest BCUT2D eigenvalue weighted by molar-refractivity contribution is 5.94. The molecule has 1 amide bonds. The highest BCUT2D eigenvalue weighted by Gasteiger charge is 2.07. The molecule has 0 bridgehead atoms. The third kappa shape index (κ3) is 3.61. The van der Waals surface area contributed by atoms with Crippen molar-refractivity contribution in [3.05, 3.63) is 57.9 Å². The van der Waals surface area contributed by atoms with E-state index in [4.69, 9.17) is 5.73 Å². The van der Waals surface area contributed by atoms with Gasteiger partial charge in [-0.1, -0.05) is 12.1 Å². The number of carbonyl (C=O) groups excluding carboxylic acids is 1. The summed E-state index contributed by atoms with van der Waals surface area (Å²) in [6.45, 7) is 0.427. The van der Waals surface area contributed by atoms with E-state index >= 15 is 0 Å². The van der Waals surface area contributed by atoms with Crippen LogP contribution in [0.2, 0.25) is 0 Å². The maximum atomic E-state index is 11.8. The van der Waals surface area contributed by atoms with Crippen LogP contribution in [0.15, 0.2) is 41.2 Å². The number of nitrogens with two attached hydrogens (primary N) is 1. The molecule has 0 fully saturated rings. The molecular weight excluding hydrogens is 258 g/mol. The zero-order valence-electron chi connectivity index (χ0n) is 10.7. The van der Waals surface area contributed by atoms with Crippen molar-refractivity contribution in [2.24, 2.45) is 0 Å². The fourth-order valence-corrected chi connectivity index (χ4v) is 1.77. The summed E-state index contributed by atoms with van der Waals surface area (Å²) in [5.41, 5.74) is 6.93. The maximum Gasteiger partial charge on any atom is 0.251 e. The molecule has 1 heterocycles. The zero-order valence-corrected chi connectivity index (χ0v) is 10.7. The summed E-state index contributed by atoms with van der Waals surface area (Å²) in [7, 11) is 0. The van der Waals surface area contributed by atoms with Crippen LogP contribution in [-0.2, 0) is 6.42 Å². The highest BCUT2D eigenvalue weighted by atomic mass is 16.3. The number of amides is 1. The Morgan fingerprint density at radius 1 is 1.25 bits per heavy atom. The quantitative estimate of drug-likeness (QED) is 0.613. The minimum atomic E-state index is -0.520. The lowest BCUT2D eigenvalue weighted by molar-refractivity contribution is 0.0953. The molecule has 0 saturated carbocycles. The number of hydrogen-bond acceptors (Lipinski definition) is 4. The van der Waals surface area contributed by atoms with Crippen LogP contribution < -0.4 is 16.6 Å². The number of nitrogen functional groups attached to an aromatic ring is 1. The summed E-state index contributed by atoms with van der Waals surface area (Å²) in [5, 5.41) is 11.9. The fraction of sp³-hybridized carbons (Fsp3) is 0.143. The minimum absolute atomic E-state index is 0.128. The minimum Gasteiger partial charge on any atom is -0.494 e. The molecular formula is C14H15N3O3. The average Bonchev–Trinajstić information content (AvgIpc) is 2.40. The lowest BCUT2D eigenvalue weighted by atomic mass is 10.1. The van der Waals surface area contributed by atoms with E-state index in [1.807, 2.05) is 12.1 Å². The van der Waals surface area contributed by atoms with Crippen molar-refractivity contribution in [1.29, 1.82) is 0 Å². The van der Waals surface area contributed by atoms with E-state index in [1.165, 1.54) is 6.07 Å². The monoisotopic (exact) mass is 273 g/mol. The third-order valence-corrected chi connectivity index (χ3v) is 2.77. The molecule has 104 valence electrons. The molecule has 0 aliphatic heterocycles. The van der Waals surface area contributed by atoms with Crippen molar-refractivity contribution in [3.8, 4) is 5.88 Å². The van der Waals surface area contributed by atoms with E-state index in [9.17, 15) is 14.7 Å². The molecule has 6 heteroatoms. The molecule has 1 aromatic carbocycles. The van der Waals surface area contributed by atoms with Crippen LogP contribution in [0.5, 0.6) is 5.88 Å². The number of aromatic amines is 1. The lowest BCUT2D eigenvalue weighted by Crippen LogP contribution is -2.26. The Kier molecular flexibility index (Phi) is 4.05. The predicted octanol–water partition coefficient (Wildman–Crippen LogP) is 0.635. The van der Waals surface area contributed by atoms with E-state index in [0.717, 1.165) is 11.6 Å². The summed E-state index contributed by atoms with van der Waals surface area (Å²) in [6, 6.07) is 9.72. The lowest BCUT2D eigenvalue weighted by Gasteiger charge is -2.06. The number of aromatic hydroxyl groups is 1. The second-order valence-electron chi connectivity index (χ2n) is 4.37. The van der Waals surface area contributed by atoms with Crippen LogP contribution in [0.4, 0.5) is 5.69 Å². The molecule has 0 saturated heterocycles. The second kappa shape index (κ2) is 5.92. The van der Waals surface area contributed by atoms with Crippen molar-refractivity contribution < 1.29 is 9.90 Å². The summed E-state index contributed by atoms with van der Waals surface area (Å²) in [6.07, 6.45) is 0.654. The van der Waals surface area contributed by atoms with Gasteiger partial charge in [0.15, 0.2) is 5.88 Å². The van der Waals surface area contributed by atoms with Crippen LogP contribution in [0.1, 0.15) is 15.9 Å². The topological polar surface area (TPSA) is 108 Å². The second-order valence-corrected chi connectivity index (χ2v) is 4.37. The number of benzene rings is 1. The van der Waals surface area contributed by atoms with Gasteiger partial charge in [-0.3, -0.25) is 14.6 Å². The van der Waals surface area contributed by atoms with E-state index < -0.39 is 11.5 Å². The van der Waals surface area contributed by atoms with E-state index in [2.05, 4.69) is 10.3 Å². The Bertz CT molecular complexity index is 662. The number of nitrogens with one attached hydrogen (secondary N) is 2. The number of aromatic nitrogens is 1. The van der Waals surface area contributed by atoms with Gasteiger partial charge in [-0.25, -0.2) is 0 Å². The van der Waals surface area contributed by atoms with Gasteiger partial charge < -0.3 is 16.2 Å². The van der Waals surface area contributed by atoms with Crippen molar-refractivity contribution in [1.82, 2.24) is 10.3 Å². The van der Waals surface area contributed by atoms with Gasteiger partial charge in [-0.15, -0.1) is 0 Å². The maximum absolute atomic E-state index is 11.8. The van der Waals surface area contributed by atoms with E-state index in [1.54, 1.807) is 12.1 Å². The molecule has 0 atom stereocenters. The fourth-order valence-electron chi connectivity index (χ4n) is 1.77. The van der Waals surface area contributed by atoms with Gasteiger partial charge in [-0.05, 0) is 24.1 Å². The number of hydrogen-bond donors (Lipinski definition) is 4. The first kappa shape index (κ1) is 13.7. The normalized spacial score (nSPS) is 10.2. The molecule has 20 heavy (non-hydrogen) atoms. The molecule has 0 aliphatic carbocycles. The Labute approximate surface area is 115 Å². The van der Waals surface area contributed by atoms with Crippen molar-refractivity contribution in [2.45, 2.75) is 6.42 Å². The first-order chi connectivity index (χ1) is 9.54. The van der Waals surface area contributed by atoms with Crippen LogP contribution >= 0.6 is 0 Å². The molecule has 2 aromatic rings. The van der Waals surface area contributed by atoms with Crippen molar-refractivity contribution in [2.75, 3.05) is 12.3 Å². The number of rotatable bonds is 4. The molecule has 0 unspecified atom stereocenters. The smallest absolute Gasteiger partial charge is 0.251 e. The van der Waals surface area contributed by atoms with E-state index in [-0.39, 0.29) is 11.4 Å². The standard InChI is InChI=1S/C14H15N3O3/c15-11-3-1-9(2-4-11)5-6-16-14(20)10-7-12(18)17-13(19)8-10/h1-4,7-8H,5-6,15H2,(H,16,20)(H2,17,18,19). The van der Waals surface area contributed by atoms with Crippen LogP contribution in [-0.4, -0.2) is 22.5 Å². The van der Waals surface area contributed by atoms with Crippen LogP contribution in [0.25, 0.3) is 0 Å². The van der Waals surface area contributed by atoms with Crippen LogP contribution in [0.3, 0.4) is 0 Å². The summed E-state index contributed by atoms with van der Waals surface area (Å²) >= 11 is 0. The Balaban J connectivity index is 1.92. The van der Waals surface area contributed by atoms with Crippen molar-refractivity contribution in [3.63, 3.8) is 0 Å². The Morgan fingerprint density at radius 3 is 2.60 bits per heavy atom. The third-order valence-electron chi connectivity index (χ3n) is 2.77. The number of carbonyl (C=O) groups is 1. The Morgan fingerprint density at radius 2 is 1.95 bits per heavy atom. The molecule has 0 radical (unpaired) electrons. The Hall–Kier alpha value is -2.76. The molecule has 1 aromatic heterocycles. The van der Waals surface area contributed by atoms with Gasteiger partial charge in [-0.2, -0.15) is 0 Å². The van der Waals surface area contributed by atoms with Crippen molar-refractivity contribution >= 4 is 11.6 Å². The first-order valence-electron chi connectivity index (χ1n) is 6.10. The molecule has 0 aliphatic rings. The van der Waals surface area contributed by atoms with Gasteiger partial charge in [0.1, 0.15) is 0 Å². The predicted molar refractivity (Wildman–Crippen MR) is 75.6 cm³/mol. The molecule has 2 rings (SSSR count). The number of anilines is 1. The average molecular weight is 273 g/mol.